The minimum absolute atomic E-state index is 0.189. The van der Waals surface area contributed by atoms with Crippen LogP contribution in [0.4, 0.5) is 0 Å². The molecule has 1 aliphatic rings. The molecule has 0 bridgehead atoms. The summed E-state index contributed by atoms with van der Waals surface area (Å²) in [5.74, 6) is 1.70. The lowest BCUT2D eigenvalue weighted by Crippen LogP contribution is -2.42. The highest BCUT2D eigenvalue weighted by Gasteiger charge is 2.17. The highest BCUT2D eigenvalue weighted by Crippen LogP contribution is 2.36. The zero-order chi connectivity index (χ0) is 15.1. The van der Waals surface area contributed by atoms with Gasteiger partial charge in [-0.2, -0.15) is 0 Å². The predicted octanol–water partition coefficient (Wildman–Crippen LogP) is 0.776. The number of hydrogen-bond acceptors (Lipinski definition) is 6. The fourth-order valence-corrected chi connectivity index (χ4v) is 2.27. The van der Waals surface area contributed by atoms with E-state index in [1.165, 1.54) is 0 Å². The second kappa shape index (κ2) is 8.07. The van der Waals surface area contributed by atoms with Gasteiger partial charge in [0, 0.05) is 19.6 Å². The molecule has 1 aromatic rings. The van der Waals surface area contributed by atoms with E-state index >= 15 is 0 Å². The molecule has 1 atom stereocenters. The van der Waals surface area contributed by atoms with Gasteiger partial charge in [-0.3, -0.25) is 4.90 Å². The van der Waals surface area contributed by atoms with Gasteiger partial charge >= 0.3 is 0 Å². The van der Waals surface area contributed by atoms with Gasteiger partial charge in [0.2, 0.25) is 5.75 Å². The normalized spacial score (nSPS) is 17.3. The molecule has 1 aliphatic heterocycles. The Morgan fingerprint density at radius 1 is 1.19 bits per heavy atom. The van der Waals surface area contributed by atoms with E-state index in [0.717, 1.165) is 13.1 Å². The second-order valence-electron chi connectivity index (χ2n) is 4.87. The van der Waals surface area contributed by atoms with Crippen LogP contribution in [-0.4, -0.2) is 69.8 Å². The minimum atomic E-state index is -0.572. The summed E-state index contributed by atoms with van der Waals surface area (Å²) < 4.78 is 21.5. The van der Waals surface area contributed by atoms with E-state index in [4.69, 9.17) is 18.9 Å². The Morgan fingerprint density at radius 2 is 1.81 bits per heavy atom. The predicted molar refractivity (Wildman–Crippen MR) is 78.3 cm³/mol. The Balaban J connectivity index is 1.89. The second-order valence-corrected chi connectivity index (χ2v) is 4.87. The summed E-state index contributed by atoms with van der Waals surface area (Å²) in [6.07, 6.45) is -0.572. The van der Waals surface area contributed by atoms with Crippen LogP contribution in [0.3, 0.4) is 0 Å². The van der Waals surface area contributed by atoms with E-state index in [1.54, 1.807) is 26.4 Å². The van der Waals surface area contributed by atoms with Crippen molar-refractivity contribution < 1.29 is 24.1 Å². The summed E-state index contributed by atoms with van der Waals surface area (Å²) >= 11 is 0. The van der Waals surface area contributed by atoms with Crippen molar-refractivity contribution in [3.63, 3.8) is 0 Å². The maximum absolute atomic E-state index is 10.1. The van der Waals surface area contributed by atoms with Crippen LogP contribution in [0.15, 0.2) is 18.2 Å². The zero-order valence-corrected chi connectivity index (χ0v) is 12.6. The number of benzene rings is 1. The van der Waals surface area contributed by atoms with Crippen molar-refractivity contribution in [3.05, 3.63) is 18.2 Å². The number of nitrogens with zero attached hydrogens (tertiary/aromatic N) is 1. The Morgan fingerprint density at radius 3 is 2.38 bits per heavy atom. The quantitative estimate of drug-likeness (QED) is 0.802. The van der Waals surface area contributed by atoms with Crippen LogP contribution in [0, 0.1) is 0 Å². The molecule has 0 aliphatic carbocycles. The molecule has 1 heterocycles. The average Bonchev–Trinajstić information content (AvgIpc) is 2.53. The van der Waals surface area contributed by atoms with E-state index in [1.807, 2.05) is 6.07 Å². The zero-order valence-electron chi connectivity index (χ0n) is 12.6. The van der Waals surface area contributed by atoms with Crippen molar-refractivity contribution in [3.8, 4) is 17.2 Å². The number of hydrogen-bond donors (Lipinski definition) is 1. The number of ether oxygens (including phenoxy) is 4. The number of β-amino-alcohol motifs (C(OH)–C–C–N with tert-alkyl or cyclic N) is 1. The lowest BCUT2D eigenvalue weighted by molar-refractivity contribution is 0.00424. The first kappa shape index (κ1) is 15.9. The van der Waals surface area contributed by atoms with E-state index in [2.05, 4.69) is 4.90 Å². The lowest BCUT2D eigenvalue weighted by Gasteiger charge is -2.28. The maximum atomic E-state index is 10.1. The molecule has 1 fully saturated rings. The standard InChI is InChI=1S/C15H23NO5/c1-18-13-4-3-5-14(19-2)15(13)21-11-12(17)10-16-6-8-20-9-7-16/h3-5,12,17H,6-11H2,1-2H3/t12-/m1/s1. The van der Waals surface area contributed by atoms with E-state index in [-0.39, 0.29) is 6.61 Å². The lowest BCUT2D eigenvalue weighted by atomic mass is 10.3. The first-order valence-corrected chi connectivity index (χ1v) is 7.06. The Kier molecular flexibility index (Phi) is 6.10. The average molecular weight is 297 g/mol. The fourth-order valence-electron chi connectivity index (χ4n) is 2.27. The molecule has 1 saturated heterocycles. The Bertz CT molecular complexity index is 412. The van der Waals surface area contributed by atoms with E-state index in [0.29, 0.717) is 37.0 Å². The van der Waals surface area contributed by atoms with Crippen molar-refractivity contribution in [2.24, 2.45) is 0 Å². The number of para-hydroxylation sites is 1. The molecular formula is C15H23NO5. The molecule has 0 aromatic heterocycles. The first-order valence-electron chi connectivity index (χ1n) is 7.06. The van der Waals surface area contributed by atoms with Crippen LogP contribution in [0.25, 0.3) is 0 Å². The van der Waals surface area contributed by atoms with Gasteiger partial charge < -0.3 is 24.1 Å². The van der Waals surface area contributed by atoms with Gasteiger partial charge in [0.1, 0.15) is 12.7 Å². The van der Waals surface area contributed by atoms with Crippen LogP contribution in [0.2, 0.25) is 0 Å². The molecule has 0 saturated carbocycles. The van der Waals surface area contributed by atoms with Crippen molar-refractivity contribution in [2.45, 2.75) is 6.10 Å². The molecule has 0 unspecified atom stereocenters. The SMILES string of the molecule is COc1cccc(OC)c1OC[C@H](O)CN1CCOCC1. The van der Waals surface area contributed by atoms with Crippen LogP contribution in [-0.2, 0) is 4.74 Å². The highest BCUT2D eigenvalue weighted by molar-refractivity contribution is 5.51. The third-order valence-corrected chi connectivity index (χ3v) is 3.38. The van der Waals surface area contributed by atoms with Crippen LogP contribution in [0.1, 0.15) is 0 Å². The fraction of sp³-hybridized carbons (Fsp3) is 0.600. The Hall–Kier alpha value is -1.50. The van der Waals surface area contributed by atoms with Gasteiger partial charge in [0.15, 0.2) is 11.5 Å². The molecule has 0 radical (unpaired) electrons. The van der Waals surface area contributed by atoms with Crippen LogP contribution >= 0.6 is 0 Å². The van der Waals surface area contributed by atoms with Gasteiger partial charge in [-0.25, -0.2) is 0 Å². The minimum Gasteiger partial charge on any atom is -0.493 e. The van der Waals surface area contributed by atoms with Gasteiger partial charge in [0.05, 0.1) is 27.4 Å². The summed E-state index contributed by atoms with van der Waals surface area (Å²) in [5.41, 5.74) is 0. The third kappa shape index (κ3) is 4.49. The summed E-state index contributed by atoms with van der Waals surface area (Å²) in [7, 11) is 3.15. The van der Waals surface area contributed by atoms with E-state index in [9.17, 15) is 5.11 Å². The summed E-state index contributed by atoms with van der Waals surface area (Å²) in [4.78, 5) is 2.16. The van der Waals surface area contributed by atoms with Crippen molar-refractivity contribution in [1.82, 2.24) is 4.90 Å². The van der Waals surface area contributed by atoms with Crippen LogP contribution in [0.5, 0.6) is 17.2 Å². The molecule has 6 heteroatoms. The van der Waals surface area contributed by atoms with Crippen molar-refractivity contribution in [1.29, 1.82) is 0 Å². The van der Waals surface area contributed by atoms with Gasteiger partial charge in [-0.15, -0.1) is 0 Å². The van der Waals surface area contributed by atoms with E-state index < -0.39 is 6.10 Å². The largest absolute Gasteiger partial charge is 0.493 e. The number of aliphatic hydroxyl groups is 1. The first-order chi connectivity index (χ1) is 10.2. The maximum Gasteiger partial charge on any atom is 0.203 e. The van der Waals surface area contributed by atoms with Crippen LogP contribution < -0.4 is 14.2 Å². The molecular weight excluding hydrogens is 274 g/mol. The van der Waals surface area contributed by atoms with Gasteiger partial charge in [0.25, 0.3) is 0 Å². The molecule has 0 amide bonds. The number of morpholine rings is 1. The molecule has 1 N–H and O–H groups in total. The summed E-state index contributed by atoms with van der Waals surface area (Å²) in [6.45, 7) is 3.88. The van der Waals surface area contributed by atoms with Gasteiger partial charge in [-0.1, -0.05) is 6.07 Å². The molecule has 6 nitrogen and oxygen atoms in total. The number of methoxy groups -OCH3 is 2. The molecule has 21 heavy (non-hydrogen) atoms. The topological polar surface area (TPSA) is 60.4 Å². The molecule has 0 spiro atoms. The summed E-state index contributed by atoms with van der Waals surface area (Å²) in [5, 5.41) is 10.1. The summed E-state index contributed by atoms with van der Waals surface area (Å²) in [6, 6.07) is 5.42. The van der Waals surface area contributed by atoms with Crippen molar-refractivity contribution in [2.75, 3.05) is 53.7 Å². The smallest absolute Gasteiger partial charge is 0.203 e. The van der Waals surface area contributed by atoms with Gasteiger partial charge in [-0.05, 0) is 12.1 Å². The molecule has 2 rings (SSSR count). The highest BCUT2D eigenvalue weighted by atomic mass is 16.5. The third-order valence-electron chi connectivity index (χ3n) is 3.38. The van der Waals surface area contributed by atoms with Crippen molar-refractivity contribution >= 4 is 0 Å². The number of aliphatic hydroxyl groups excluding tert-OH is 1. The Labute approximate surface area is 125 Å². The molecule has 118 valence electrons. The monoisotopic (exact) mass is 297 g/mol. The number of rotatable bonds is 7. The molecule has 1 aromatic carbocycles.